The third kappa shape index (κ3) is 19.9. The van der Waals surface area contributed by atoms with E-state index >= 15 is 0 Å². The summed E-state index contributed by atoms with van der Waals surface area (Å²) in [5.74, 6) is -4.15. The maximum absolute atomic E-state index is 12.1. The number of hydrogen-bond donors (Lipinski definition) is 2. The highest BCUT2D eigenvalue weighted by Crippen LogP contribution is 2.36. The summed E-state index contributed by atoms with van der Waals surface area (Å²) in [6.45, 7) is 11.4. The van der Waals surface area contributed by atoms with Gasteiger partial charge in [0.15, 0.2) is 8.32 Å². The predicted molar refractivity (Wildman–Crippen MR) is 181 cm³/mol. The van der Waals surface area contributed by atoms with Crippen LogP contribution in [0.3, 0.4) is 0 Å². The molecule has 0 amide bonds. The van der Waals surface area contributed by atoms with E-state index in [2.05, 4.69) is 52.8 Å². The summed E-state index contributed by atoms with van der Waals surface area (Å²) in [5.41, 5.74) is 0.103. The van der Waals surface area contributed by atoms with E-state index in [0.717, 1.165) is 20.6 Å². The van der Waals surface area contributed by atoms with E-state index < -0.39 is 44.1 Å². The van der Waals surface area contributed by atoms with Gasteiger partial charge >= 0.3 is 35.8 Å². The standard InChI is InChI=1S/C19H34O7Si.C13H20O7.CH4O/c1-19(2,3)27(7,8)26-12-10-9-11-14(17(21)24-5)15(18(22)25-6)13-16(20)23-4;1-18-11(15)8-10(13(17)20-3)9(12(16)19-2)6-4-5-7-14;1-2/h9-13H2,1-8H3;14H,4-8H2,1-3H3;2H,1H3/b15-14-;10-9-;. The van der Waals surface area contributed by atoms with Gasteiger partial charge in [0, 0.05) is 31.5 Å². The van der Waals surface area contributed by atoms with Gasteiger partial charge < -0.3 is 43.1 Å². The van der Waals surface area contributed by atoms with E-state index in [1.807, 2.05) is 0 Å². The van der Waals surface area contributed by atoms with Crippen LogP contribution in [0.4, 0.5) is 0 Å². The molecule has 49 heavy (non-hydrogen) atoms. The van der Waals surface area contributed by atoms with Gasteiger partial charge in [0.1, 0.15) is 0 Å². The maximum atomic E-state index is 12.1. The Morgan fingerprint density at radius 2 is 0.857 bits per heavy atom. The van der Waals surface area contributed by atoms with Crippen molar-refractivity contribution >= 4 is 44.1 Å². The summed E-state index contributed by atoms with van der Waals surface area (Å²) in [4.78, 5) is 70.6. The van der Waals surface area contributed by atoms with E-state index in [-0.39, 0.29) is 59.6 Å². The molecule has 0 aliphatic carbocycles. The summed E-state index contributed by atoms with van der Waals surface area (Å²) < 4.78 is 33.9. The average Bonchev–Trinajstić information content (AvgIpc) is 3.09. The van der Waals surface area contributed by atoms with Gasteiger partial charge in [0.25, 0.3) is 0 Å². The third-order valence-electron chi connectivity index (χ3n) is 7.48. The Hall–Kier alpha value is -3.60. The topological polar surface area (TPSA) is 207 Å². The molecule has 0 heterocycles. The lowest BCUT2D eigenvalue weighted by molar-refractivity contribution is -0.144. The second kappa shape index (κ2) is 27.2. The van der Waals surface area contributed by atoms with Crippen molar-refractivity contribution in [1.29, 1.82) is 0 Å². The molecule has 284 valence electrons. The normalized spacial score (nSPS) is 11.9. The molecule has 2 N–H and O–H groups in total. The number of unbranched alkanes of at least 4 members (excludes halogenated alkanes) is 2. The molecule has 0 bridgehead atoms. The van der Waals surface area contributed by atoms with Crippen molar-refractivity contribution in [2.75, 3.05) is 63.0 Å². The second-order valence-corrected chi connectivity index (χ2v) is 16.4. The minimum atomic E-state index is -1.82. The molecule has 16 heteroatoms. The van der Waals surface area contributed by atoms with Gasteiger partial charge in [-0.2, -0.15) is 0 Å². The molecule has 0 fully saturated rings. The zero-order valence-corrected chi connectivity index (χ0v) is 32.3. The Morgan fingerprint density at radius 3 is 1.14 bits per heavy atom. The number of carbonyl (C=O) groups is 6. The number of aliphatic hydroxyl groups is 2. The van der Waals surface area contributed by atoms with Gasteiger partial charge in [-0.15, -0.1) is 0 Å². The Balaban J connectivity index is -0.000000855. The molecule has 0 aromatic carbocycles. The van der Waals surface area contributed by atoms with Crippen LogP contribution in [0, 0.1) is 0 Å². The van der Waals surface area contributed by atoms with Crippen LogP contribution in [0.25, 0.3) is 0 Å². The lowest BCUT2D eigenvalue weighted by Gasteiger charge is -2.36. The molecule has 0 aromatic heterocycles. The van der Waals surface area contributed by atoms with Crippen LogP contribution in [0.2, 0.25) is 18.1 Å². The van der Waals surface area contributed by atoms with Gasteiger partial charge in [-0.05, 0) is 56.7 Å². The Morgan fingerprint density at radius 1 is 0.531 bits per heavy atom. The summed E-state index contributed by atoms with van der Waals surface area (Å²) in [5, 5.41) is 15.9. The largest absolute Gasteiger partial charge is 0.469 e. The van der Waals surface area contributed by atoms with Gasteiger partial charge in [-0.25, -0.2) is 19.2 Å². The first kappa shape index (κ1) is 49.8. The lowest BCUT2D eigenvalue weighted by Crippen LogP contribution is -2.40. The highest BCUT2D eigenvalue weighted by molar-refractivity contribution is 6.74. The van der Waals surface area contributed by atoms with Crippen LogP contribution in [0.1, 0.15) is 72.1 Å². The van der Waals surface area contributed by atoms with Crippen molar-refractivity contribution in [3.8, 4) is 0 Å². The molecule has 0 aliphatic rings. The fraction of sp³-hybridized carbons (Fsp3) is 0.697. The van der Waals surface area contributed by atoms with Crippen LogP contribution < -0.4 is 0 Å². The van der Waals surface area contributed by atoms with Gasteiger partial charge in [0.2, 0.25) is 0 Å². The first-order valence-electron chi connectivity index (χ1n) is 15.5. The lowest BCUT2D eigenvalue weighted by atomic mass is 9.99. The monoisotopic (exact) mass is 722 g/mol. The SMILES string of the molecule is CO.COC(=O)C/C(C(=O)OC)=C(\CCCCO)C(=O)OC.COC(=O)C/C(C(=O)OC)=C(\CCCCO[Si](C)(C)C(C)(C)C)C(=O)OC. The number of ether oxygens (including phenoxy) is 6. The predicted octanol–water partition coefficient (Wildman–Crippen LogP) is 3.35. The van der Waals surface area contributed by atoms with Crippen molar-refractivity contribution < 1.29 is 71.8 Å². The molecule has 0 saturated carbocycles. The van der Waals surface area contributed by atoms with E-state index in [1.165, 1.54) is 35.5 Å². The Kier molecular flexibility index (Phi) is 27.7. The van der Waals surface area contributed by atoms with Crippen LogP contribution in [-0.2, 0) is 61.6 Å². The highest BCUT2D eigenvalue weighted by Gasteiger charge is 2.37. The number of carbonyl (C=O) groups excluding carboxylic acids is 6. The zero-order chi connectivity index (χ0) is 38.8. The van der Waals surface area contributed by atoms with E-state index in [9.17, 15) is 28.8 Å². The number of aliphatic hydroxyl groups excluding tert-OH is 2. The molecule has 0 spiro atoms. The van der Waals surface area contributed by atoms with E-state index in [1.54, 1.807) is 0 Å². The van der Waals surface area contributed by atoms with Crippen LogP contribution >= 0.6 is 0 Å². The first-order chi connectivity index (χ1) is 22.9. The number of esters is 6. The van der Waals surface area contributed by atoms with Crippen molar-refractivity contribution in [1.82, 2.24) is 0 Å². The van der Waals surface area contributed by atoms with Crippen molar-refractivity contribution in [2.24, 2.45) is 0 Å². The fourth-order valence-electron chi connectivity index (χ4n) is 3.64. The molecule has 0 saturated heterocycles. The fourth-order valence-corrected chi connectivity index (χ4v) is 4.73. The molecule has 15 nitrogen and oxygen atoms in total. The molecule has 0 aliphatic heterocycles. The number of hydrogen-bond acceptors (Lipinski definition) is 15. The van der Waals surface area contributed by atoms with Gasteiger partial charge in [0.05, 0.1) is 66.6 Å². The quantitative estimate of drug-likeness (QED) is 0.0684. The highest BCUT2D eigenvalue weighted by atomic mass is 28.4. The van der Waals surface area contributed by atoms with Crippen LogP contribution in [0.5, 0.6) is 0 Å². The van der Waals surface area contributed by atoms with E-state index in [0.29, 0.717) is 25.9 Å². The van der Waals surface area contributed by atoms with Crippen LogP contribution in [-0.4, -0.2) is 117 Å². The van der Waals surface area contributed by atoms with Crippen molar-refractivity contribution in [3.63, 3.8) is 0 Å². The zero-order valence-electron chi connectivity index (χ0n) is 31.3. The number of rotatable bonds is 18. The Bertz CT molecular complexity index is 1120. The maximum Gasteiger partial charge on any atom is 0.334 e. The summed E-state index contributed by atoms with van der Waals surface area (Å²) >= 11 is 0. The van der Waals surface area contributed by atoms with Crippen molar-refractivity contribution in [2.45, 2.75) is 90.3 Å². The minimum absolute atomic E-state index is 0.0264. The average molecular weight is 723 g/mol. The second-order valence-electron chi connectivity index (χ2n) is 11.6. The van der Waals surface area contributed by atoms with E-state index in [4.69, 9.17) is 24.1 Å². The smallest absolute Gasteiger partial charge is 0.334 e. The minimum Gasteiger partial charge on any atom is -0.469 e. The first-order valence-corrected chi connectivity index (χ1v) is 18.4. The van der Waals surface area contributed by atoms with Crippen molar-refractivity contribution in [3.05, 3.63) is 22.3 Å². The number of methoxy groups -OCH3 is 6. The molecule has 0 unspecified atom stereocenters. The van der Waals surface area contributed by atoms with Gasteiger partial charge in [-0.3, -0.25) is 9.59 Å². The summed E-state index contributed by atoms with van der Waals surface area (Å²) in [6.07, 6.45) is 2.06. The molecule has 0 radical (unpaired) electrons. The Labute approximate surface area is 291 Å². The summed E-state index contributed by atoms with van der Waals surface area (Å²) in [7, 11) is 6.34. The third-order valence-corrected chi connectivity index (χ3v) is 12.0. The van der Waals surface area contributed by atoms with Gasteiger partial charge in [-0.1, -0.05) is 20.8 Å². The molecular formula is C33H58O15Si. The molecule has 0 atom stereocenters. The molecule has 0 rings (SSSR count). The summed E-state index contributed by atoms with van der Waals surface area (Å²) in [6, 6.07) is 0. The molecular weight excluding hydrogens is 664 g/mol. The van der Waals surface area contributed by atoms with Crippen LogP contribution in [0.15, 0.2) is 22.3 Å². The molecule has 0 aromatic rings.